The summed E-state index contributed by atoms with van der Waals surface area (Å²) in [6.07, 6.45) is 15.3. The maximum absolute atomic E-state index is 12.6. The molecule has 5 aliphatic rings. The number of allylic oxidation sites excluding steroid dienone is 2. The lowest BCUT2D eigenvalue weighted by molar-refractivity contribution is -0.147. The SMILES string of the molecule is CC1(C)CCC2(C)CC[C@]3(C)C(=CCC4C5(C)CCC(=O)C5CCC43C)C2C1. The Hall–Kier alpha value is -0.590. The highest BCUT2D eigenvalue weighted by atomic mass is 16.1. The Labute approximate surface area is 173 Å². The largest absolute Gasteiger partial charge is 0.299 e. The number of rotatable bonds is 0. The molecular formula is C27H42O. The van der Waals surface area contributed by atoms with E-state index in [1.807, 2.05) is 5.57 Å². The van der Waals surface area contributed by atoms with Gasteiger partial charge in [0, 0.05) is 12.3 Å². The van der Waals surface area contributed by atoms with E-state index in [1.54, 1.807) is 0 Å². The molecule has 0 N–H and O–H groups in total. The van der Waals surface area contributed by atoms with Gasteiger partial charge in [-0.2, -0.15) is 0 Å². The van der Waals surface area contributed by atoms with E-state index in [4.69, 9.17) is 0 Å². The summed E-state index contributed by atoms with van der Waals surface area (Å²) in [5.41, 5.74) is 3.82. The van der Waals surface area contributed by atoms with Crippen molar-refractivity contribution < 1.29 is 4.79 Å². The third kappa shape index (κ3) is 2.23. The van der Waals surface area contributed by atoms with Crippen molar-refractivity contribution in [3.8, 4) is 0 Å². The number of hydrogen-bond donors (Lipinski definition) is 0. The summed E-state index contributed by atoms with van der Waals surface area (Å²) in [4.78, 5) is 12.6. The van der Waals surface area contributed by atoms with E-state index in [-0.39, 0.29) is 5.41 Å². The van der Waals surface area contributed by atoms with Gasteiger partial charge in [0.1, 0.15) is 5.78 Å². The highest BCUT2D eigenvalue weighted by molar-refractivity contribution is 5.84. The number of fused-ring (bicyclic) bond motifs is 7. The summed E-state index contributed by atoms with van der Waals surface area (Å²) in [6, 6.07) is 0. The molecule has 0 aromatic heterocycles. The molecule has 0 heterocycles. The van der Waals surface area contributed by atoms with Crippen LogP contribution in [0.1, 0.15) is 106 Å². The Morgan fingerprint density at radius 3 is 2.32 bits per heavy atom. The van der Waals surface area contributed by atoms with Gasteiger partial charge in [-0.3, -0.25) is 4.79 Å². The summed E-state index contributed by atoms with van der Waals surface area (Å²) in [5.74, 6) is 2.41. The standard InChI is InChI=1S/C27H42O/c1-23(2)13-14-24(3)15-16-26(5)18(20(24)17-23)7-8-22-25(4)11-10-21(28)19(25)9-12-27(22,26)6/h7,19-20,22H,8-17H2,1-6H3/t19?,20?,22?,24?,25?,26-,27?/m1/s1. The zero-order valence-electron chi connectivity index (χ0n) is 19.3. The lowest BCUT2D eigenvalue weighted by atomic mass is 9.36. The van der Waals surface area contributed by atoms with Crippen molar-refractivity contribution in [2.45, 2.75) is 106 Å². The summed E-state index contributed by atoms with van der Waals surface area (Å²) in [6.45, 7) is 15.4. The van der Waals surface area contributed by atoms with E-state index >= 15 is 0 Å². The smallest absolute Gasteiger partial charge is 0.136 e. The molecule has 0 aromatic rings. The van der Waals surface area contributed by atoms with Gasteiger partial charge in [-0.25, -0.2) is 0 Å². The van der Waals surface area contributed by atoms with Crippen LogP contribution in [0, 0.1) is 44.8 Å². The lowest BCUT2D eigenvalue weighted by Crippen LogP contribution is -2.60. The summed E-state index contributed by atoms with van der Waals surface area (Å²) in [5, 5.41) is 0. The molecule has 4 saturated carbocycles. The lowest BCUT2D eigenvalue weighted by Gasteiger charge is -2.68. The van der Waals surface area contributed by atoms with Crippen LogP contribution in [-0.4, -0.2) is 5.78 Å². The van der Waals surface area contributed by atoms with Gasteiger partial charge in [-0.15, -0.1) is 0 Å². The minimum absolute atomic E-state index is 0.252. The molecule has 0 radical (unpaired) electrons. The molecule has 0 aromatic carbocycles. The molecule has 0 aliphatic heterocycles. The van der Waals surface area contributed by atoms with Crippen molar-refractivity contribution in [2.24, 2.45) is 44.8 Å². The molecule has 156 valence electrons. The quantitative estimate of drug-likeness (QED) is 0.400. The Kier molecular flexibility index (Phi) is 3.84. The number of ketones is 1. The second kappa shape index (κ2) is 5.55. The van der Waals surface area contributed by atoms with Crippen LogP contribution < -0.4 is 0 Å². The Morgan fingerprint density at radius 1 is 0.857 bits per heavy atom. The molecule has 1 heteroatoms. The van der Waals surface area contributed by atoms with Crippen LogP contribution in [0.15, 0.2) is 11.6 Å². The second-order valence-electron chi connectivity index (χ2n) is 13.3. The molecule has 5 rings (SSSR count). The fourth-order valence-electron chi connectivity index (χ4n) is 9.33. The van der Waals surface area contributed by atoms with Gasteiger partial charge < -0.3 is 0 Å². The number of carbonyl (C=O) groups excluding carboxylic acids is 1. The van der Waals surface area contributed by atoms with Gasteiger partial charge >= 0.3 is 0 Å². The van der Waals surface area contributed by atoms with Crippen molar-refractivity contribution in [1.29, 1.82) is 0 Å². The van der Waals surface area contributed by atoms with E-state index in [9.17, 15) is 4.79 Å². The molecule has 6 unspecified atom stereocenters. The van der Waals surface area contributed by atoms with Gasteiger partial charge in [-0.1, -0.05) is 53.2 Å². The fraction of sp³-hybridized carbons (Fsp3) is 0.889. The molecule has 1 nitrogen and oxygen atoms in total. The van der Waals surface area contributed by atoms with Crippen LogP contribution in [0.4, 0.5) is 0 Å². The molecule has 5 aliphatic carbocycles. The first-order chi connectivity index (χ1) is 13.0. The normalized spacial score (nSPS) is 54.9. The van der Waals surface area contributed by atoms with Gasteiger partial charge in [-0.05, 0) is 96.7 Å². The monoisotopic (exact) mass is 382 g/mol. The Balaban J connectivity index is 1.59. The maximum Gasteiger partial charge on any atom is 0.136 e. The summed E-state index contributed by atoms with van der Waals surface area (Å²) in [7, 11) is 0. The minimum Gasteiger partial charge on any atom is -0.299 e. The van der Waals surface area contributed by atoms with Crippen molar-refractivity contribution >= 4 is 5.78 Å². The number of carbonyl (C=O) groups is 1. The Morgan fingerprint density at radius 2 is 1.57 bits per heavy atom. The zero-order chi connectivity index (χ0) is 20.2. The maximum atomic E-state index is 12.6. The van der Waals surface area contributed by atoms with Crippen molar-refractivity contribution in [2.75, 3.05) is 0 Å². The van der Waals surface area contributed by atoms with Crippen LogP contribution in [0.2, 0.25) is 0 Å². The molecular weight excluding hydrogens is 340 g/mol. The molecule has 7 atom stereocenters. The van der Waals surface area contributed by atoms with Crippen molar-refractivity contribution in [3.05, 3.63) is 11.6 Å². The third-order valence-electron chi connectivity index (χ3n) is 11.6. The van der Waals surface area contributed by atoms with Gasteiger partial charge in [0.2, 0.25) is 0 Å². The van der Waals surface area contributed by atoms with E-state index in [0.29, 0.717) is 39.3 Å². The first-order valence-electron chi connectivity index (χ1n) is 12.2. The average molecular weight is 383 g/mol. The van der Waals surface area contributed by atoms with Crippen molar-refractivity contribution in [3.63, 3.8) is 0 Å². The zero-order valence-corrected chi connectivity index (χ0v) is 19.3. The van der Waals surface area contributed by atoms with Crippen molar-refractivity contribution in [1.82, 2.24) is 0 Å². The van der Waals surface area contributed by atoms with E-state index in [0.717, 1.165) is 25.2 Å². The fourth-order valence-corrected chi connectivity index (χ4v) is 9.33. The summed E-state index contributed by atoms with van der Waals surface area (Å²) >= 11 is 0. The van der Waals surface area contributed by atoms with Crippen LogP contribution in [0.5, 0.6) is 0 Å². The predicted molar refractivity (Wildman–Crippen MR) is 116 cm³/mol. The average Bonchev–Trinajstić information content (AvgIpc) is 2.92. The van der Waals surface area contributed by atoms with Crippen LogP contribution >= 0.6 is 0 Å². The second-order valence-corrected chi connectivity index (χ2v) is 13.3. The molecule has 0 saturated heterocycles. The van der Waals surface area contributed by atoms with Gasteiger partial charge in [0.05, 0.1) is 0 Å². The van der Waals surface area contributed by atoms with Gasteiger partial charge in [0.25, 0.3) is 0 Å². The van der Waals surface area contributed by atoms with Crippen LogP contribution in [0.25, 0.3) is 0 Å². The first kappa shape index (κ1) is 19.4. The molecule has 0 bridgehead atoms. The third-order valence-corrected chi connectivity index (χ3v) is 11.6. The number of hydrogen-bond acceptors (Lipinski definition) is 1. The van der Waals surface area contributed by atoms with Crippen LogP contribution in [-0.2, 0) is 4.79 Å². The molecule has 4 fully saturated rings. The van der Waals surface area contributed by atoms with E-state index < -0.39 is 0 Å². The predicted octanol–water partition coefficient (Wildman–Crippen LogP) is 7.35. The van der Waals surface area contributed by atoms with E-state index in [1.165, 1.54) is 44.9 Å². The minimum atomic E-state index is 0.252. The highest BCUT2D eigenvalue weighted by Gasteiger charge is 2.66. The molecule has 0 spiro atoms. The highest BCUT2D eigenvalue weighted by Crippen LogP contribution is 2.74. The van der Waals surface area contributed by atoms with Crippen LogP contribution in [0.3, 0.4) is 0 Å². The topological polar surface area (TPSA) is 17.1 Å². The number of Topliss-reactive ketones (excluding diaryl/α,β-unsaturated/α-hetero) is 1. The van der Waals surface area contributed by atoms with Gasteiger partial charge in [0.15, 0.2) is 0 Å². The first-order valence-corrected chi connectivity index (χ1v) is 12.2. The summed E-state index contributed by atoms with van der Waals surface area (Å²) < 4.78 is 0. The molecule has 0 amide bonds. The van der Waals surface area contributed by atoms with E-state index in [2.05, 4.69) is 47.6 Å². The Bertz CT molecular complexity index is 745. The molecule has 28 heavy (non-hydrogen) atoms.